The molecule has 1 fully saturated rings. The van der Waals surface area contributed by atoms with Crippen molar-refractivity contribution < 1.29 is 36.7 Å². The lowest BCUT2D eigenvalue weighted by molar-refractivity contribution is -0.155. The van der Waals surface area contributed by atoms with Gasteiger partial charge in [0.1, 0.15) is 24.5 Å². The Labute approximate surface area is 275 Å². The predicted octanol–water partition coefficient (Wildman–Crippen LogP) is 5.12. The molecule has 0 spiro atoms. The Bertz CT molecular complexity index is 1830. The van der Waals surface area contributed by atoms with Crippen molar-refractivity contribution in [2.24, 2.45) is 11.1 Å². The van der Waals surface area contributed by atoms with E-state index in [1.165, 1.54) is 22.9 Å². The number of halogens is 3. The molecule has 0 radical (unpaired) electrons. The van der Waals surface area contributed by atoms with Gasteiger partial charge in [0.15, 0.2) is 5.89 Å². The Hall–Kier alpha value is -4.27. The summed E-state index contributed by atoms with van der Waals surface area (Å²) in [6, 6.07) is 6.83. The number of nitrogens with zero attached hydrogens (tertiary/aromatic N) is 4. The standard InChI is InChI=1S/C34H39F3N6O5/c1-19(46-4)29-21(7-5-11-39-29)30-23-15-33(2,3)18-48-32(45)25-8-6-12-43(41-25)31(44)24(38)14-28-40-26(16-47-28)20-9-10-27(22(23)13-20)42(30)17-34(35,36)37/h5,7,9-11,13,16,19,24-25,41H,6,8,12,14-15,17-18,38H2,1-4H3/t19-,24-,25-/m0/s1. The molecule has 0 aliphatic carbocycles. The van der Waals surface area contributed by atoms with Gasteiger partial charge in [-0.2, -0.15) is 13.2 Å². The quantitative estimate of drug-likeness (QED) is 0.284. The van der Waals surface area contributed by atoms with E-state index in [0.29, 0.717) is 64.1 Å². The molecule has 48 heavy (non-hydrogen) atoms. The van der Waals surface area contributed by atoms with Gasteiger partial charge < -0.3 is 24.2 Å². The fraction of sp³-hybridized carbons (Fsp3) is 0.471. The highest BCUT2D eigenvalue weighted by Gasteiger charge is 2.36. The Morgan fingerprint density at radius 2 is 2.02 bits per heavy atom. The van der Waals surface area contributed by atoms with Crippen molar-refractivity contribution in [3.05, 3.63) is 59.9 Å². The van der Waals surface area contributed by atoms with Crippen molar-refractivity contribution in [3.63, 3.8) is 0 Å². The number of benzene rings is 1. The highest BCUT2D eigenvalue weighted by Crippen LogP contribution is 2.43. The molecule has 11 nitrogen and oxygen atoms in total. The third-order valence-corrected chi connectivity index (χ3v) is 8.89. The number of hydrazine groups is 1. The van der Waals surface area contributed by atoms with E-state index in [1.54, 1.807) is 43.5 Å². The Morgan fingerprint density at radius 3 is 2.77 bits per heavy atom. The average molecular weight is 669 g/mol. The second-order valence-corrected chi connectivity index (χ2v) is 13.3. The van der Waals surface area contributed by atoms with Crippen LogP contribution in [-0.2, 0) is 38.4 Å². The van der Waals surface area contributed by atoms with Gasteiger partial charge in [-0.25, -0.2) is 10.4 Å². The Kier molecular flexibility index (Phi) is 9.09. The molecule has 1 amide bonds. The summed E-state index contributed by atoms with van der Waals surface area (Å²) in [5.41, 5.74) is 11.9. The van der Waals surface area contributed by atoms with E-state index < -0.39 is 48.2 Å². The van der Waals surface area contributed by atoms with E-state index >= 15 is 0 Å². The van der Waals surface area contributed by atoms with Gasteiger partial charge >= 0.3 is 12.1 Å². The molecule has 1 saturated heterocycles. The smallest absolute Gasteiger partial charge is 0.406 e. The topological polar surface area (TPSA) is 138 Å². The molecule has 3 N–H and O–H groups in total. The summed E-state index contributed by atoms with van der Waals surface area (Å²) in [5, 5.41) is 1.92. The van der Waals surface area contributed by atoms with Crippen LogP contribution in [0.1, 0.15) is 56.9 Å². The maximum Gasteiger partial charge on any atom is 0.406 e. The van der Waals surface area contributed by atoms with E-state index in [2.05, 4.69) is 15.4 Å². The zero-order chi connectivity index (χ0) is 34.4. The summed E-state index contributed by atoms with van der Waals surface area (Å²) in [6.07, 6.45) is -0.748. The minimum Gasteiger partial charge on any atom is -0.464 e. The molecule has 2 aliphatic rings. The number of hydrogen-bond acceptors (Lipinski definition) is 9. The number of rotatable bonds is 4. The molecule has 6 bridgehead atoms. The van der Waals surface area contributed by atoms with Crippen molar-refractivity contribution in [3.8, 4) is 22.5 Å². The summed E-state index contributed by atoms with van der Waals surface area (Å²) in [7, 11) is 1.52. The third-order valence-electron chi connectivity index (χ3n) is 8.89. The second-order valence-electron chi connectivity index (χ2n) is 13.3. The van der Waals surface area contributed by atoms with Crippen LogP contribution >= 0.6 is 0 Å². The van der Waals surface area contributed by atoms with Crippen molar-refractivity contribution >= 4 is 22.8 Å². The number of esters is 1. The van der Waals surface area contributed by atoms with Gasteiger partial charge in [-0.1, -0.05) is 19.9 Å². The van der Waals surface area contributed by atoms with Crippen LogP contribution in [0.3, 0.4) is 0 Å². The first-order chi connectivity index (χ1) is 22.7. The predicted molar refractivity (Wildman–Crippen MR) is 170 cm³/mol. The fourth-order valence-corrected chi connectivity index (χ4v) is 6.49. The average Bonchev–Trinajstić information content (AvgIpc) is 3.63. The molecule has 14 heteroatoms. The number of nitrogens with one attached hydrogen (secondary N) is 1. The van der Waals surface area contributed by atoms with Gasteiger partial charge in [0.25, 0.3) is 5.91 Å². The molecule has 3 atom stereocenters. The van der Waals surface area contributed by atoms with E-state index in [0.717, 1.165) is 0 Å². The van der Waals surface area contributed by atoms with Crippen molar-refractivity contribution in [1.82, 2.24) is 25.0 Å². The normalized spacial score (nSPS) is 21.2. The molecule has 4 aromatic rings. The van der Waals surface area contributed by atoms with Gasteiger partial charge in [0.2, 0.25) is 0 Å². The summed E-state index contributed by atoms with van der Waals surface area (Å²) >= 11 is 0. The third kappa shape index (κ3) is 6.82. The molecule has 3 aromatic heterocycles. The molecule has 2 aliphatic heterocycles. The number of nitrogens with two attached hydrogens (primary N) is 1. The number of amides is 1. The SMILES string of the molecule is CO[C@@H](C)c1ncccc1-c1c2c3cc(ccc3n1CC(F)(F)F)-c1coc(n1)C[C@H](N)C(=O)N1CCC[C@H](N1)C(=O)OCC(C)(C)C2. The van der Waals surface area contributed by atoms with Crippen LogP contribution in [0.2, 0.25) is 0 Å². The number of carbonyl (C=O) groups excluding carboxylic acids is 2. The van der Waals surface area contributed by atoms with Gasteiger partial charge in [0, 0.05) is 53.7 Å². The highest BCUT2D eigenvalue weighted by molar-refractivity contribution is 5.95. The minimum atomic E-state index is -4.54. The van der Waals surface area contributed by atoms with Gasteiger partial charge in [-0.05, 0) is 56.0 Å². The van der Waals surface area contributed by atoms with Gasteiger partial charge in [-0.3, -0.25) is 19.6 Å². The van der Waals surface area contributed by atoms with E-state index in [9.17, 15) is 22.8 Å². The monoisotopic (exact) mass is 668 g/mol. The molecule has 0 unspecified atom stereocenters. The number of ether oxygens (including phenoxy) is 2. The van der Waals surface area contributed by atoms with Crippen LogP contribution in [0.25, 0.3) is 33.4 Å². The summed E-state index contributed by atoms with van der Waals surface area (Å²) < 4.78 is 61.4. The molecule has 6 rings (SSSR count). The van der Waals surface area contributed by atoms with Crippen molar-refractivity contribution in [1.29, 1.82) is 0 Å². The zero-order valence-corrected chi connectivity index (χ0v) is 27.3. The second kappa shape index (κ2) is 13.0. The summed E-state index contributed by atoms with van der Waals surface area (Å²) in [4.78, 5) is 35.6. The first-order valence-corrected chi connectivity index (χ1v) is 15.9. The number of aromatic nitrogens is 3. The van der Waals surface area contributed by atoms with Crippen LogP contribution in [0, 0.1) is 5.41 Å². The van der Waals surface area contributed by atoms with Crippen molar-refractivity contribution in [2.75, 3.05) is 20.3 Å². The molecule has 1 aromatic carbocycles. The van der Waals surface area contributed by atoms with Crippen LogP contribution in [0.15, 0.2) is 47.2 Å². The number of oxazole rings is 1. The zero-order valence-electron chi connectivity index (χ0n) is 27.3. The van der Waals surface area contributed by atoms with Crippen LogP contribution in [-0.4, -0.2) is 69.9 Å². The van der Waals surface area contributed by atoms with Gasteiger partial charge in [-0.15, -0.1) is 0 Å². The summed E-state index contributed by atoms with van der Waals surface area (Å²) in [5.74, 6) is -0.709. The molecule has 256 valence electrons. The van der Waals surface area contributed by atoms with Crippen molar-refractivity contribution in [2.45, 2.75) is 77.4 Å². The highest BCUT2D eigenvalue weighted by atomic mass is 19.4. The first-order valence-electron chi connectivity index (χ1n) is 15.9. The van der Waals surface area contributed by atoms with E-state index in [4.69, 9.17) is 19.6 Å². The maximum atomic E-state index is 14.3. The summed E-state index contributed by atoms with van der Waals surface area (Å²) in [6.45, 7) is 4.69. The Morgan fingerprint density at radius 1 is 1.23 bits per heavy atom. The van der Waals surface area contributed by atoms with Gasteiger partial charge in [0.05, 0.1) is 30.1 Å². The first kappa shape index (κ1) is 33.6. The fourth-order valence-electron chi connectivity index (χ4n) is 6.49. The van der Waals surface area contributed by atoms with E-state index in [1.807, 2.05) is 13.8 Å². The number of methoxy groups -OCH3 is 1. The maximum absolute atomic E-state index is 14.3. The number of alkyl halides is 3. The molecule has 0 saturated carbocycles. The number of carbonyl (C=O) groups is 2. The number of cyclic esters (lactones) is 1. The van der Waals surface area contributed by atoms with Crippen LogP contribution in [0.5, 0.6) is 0 Å². The lowest BCUT2D eigenvalue weighted by Crippen LogP contribution is -2.59. The Balaban J connectivity index is 1.57. The van der Waals surface area contributed by atoms with Crippen LogP contribution in [0.4, 0.5) is 13.2 Å². The minimum absolute atomic E-state index is 0.00137. The number of hydrogen-bond donors (Lipinski definition) is 2. The lowest BCUT2D eigenvalue weighted by Gasteiger charge is -2.34. The number of fused-ring (bicyclic) bond motifs is 6. The molecule has 5 heterocycles. The van der Waals surface area contributed by atoms with E-state index in [-0.39, 0.29) is 25.3 Å². The largest absolute Gasteiger partial charge is 0.464 e. The number of pyridine rings is 1. The molecular weight excluding hydrogens is 629 g/mol. The van der Waals surface area contributed by atoms with Crippen LogP contribution < -0.4 is 11.2 Å². The molecular formula is C34H39F3N6O5. The lowest BCUT2D eigenvalue weighted by atomic mass is 9.84.